The van der Waals surface area contributed by atoms with Gasteiger partial charge in [0.05, 0.1) is 19.9 Å². The van der Waals surface area contributed by atoms with Crippen molar-refractivity contribution in [3.63, 3.8) is 0 Å². The number of carbonyl (C=O) groups excluding carboxylic acids is 1. The fraction of sp³-hybridized carbons (Fsp3) is 0.360. The van der Waals surface area contributed by atoms with Gasteiger partial charge in [0.25, 0.3) is 0 Å². The summed E-state index contributed by atoms with van der Waals surface area (Å²) in [6, 6.07) is 16.3. The average molecular weight is 435 g/mol. The van der Waals surface area contributed by atoms with E-state index in [2.05, 4.69) is 28.2 Å². The molecule has 0 spiro atoms. The molecule has 2 aromatic carbocycles. The van der Waals surface area contributed by atoms with E-state index in [1.165, 1.54) is 0 Å². The highest BCUT2D eigenvalue weighted by atomic mass is 16.5. The molecule has 1 aliphatic heterocycles. The minimum atomic E-state index is 0.115. The van der Waals surface area contributed by atoms with Crippen LogP contribution in [0.2, 0.25) is 0 Å². The highest BCUT2D eigenvalue weighted by molar-refractivity contribution is 5.81. The lowest BCUT2D eigenvalue weighted by molar-refractivity contribution is -0.132. The van der Waals surface area contributed by atoms with Crippen molar-refractivity contribution in [1.82, 2.24) is 14.7 Å². The van der Waals surface area contributed by atoms with E-state index in [1.807, 2.05) is 49.1 Å². The van der Waals surface area contributed by atoms with Gasteiger partial charge in [0, 0.05) is 43.1 Å². The maximum Gasteiger partial charge on any atom is 0.244 e. The van der Waals surface area contributed by atoms with Gasteiger partial charge in [-0.05, 0) is 43.7 Å². The number of methoxy groups -OCH3 is 2. The first-order valence-corrected chi connectivity index (χ1v) is 10.9. The monoisotopic (exact) mass is 434 g/mol. The summed E-state index contributed by atoms with van der Waals surface area (Å²) in [5.41, 5.74) is 5.31. The third kappa shape index (κ3) is 4.42. The van der Waals surface area contributed by atoms with Crippen molar-refractivity contribution < 1.29 is 14.3 Å². The van der Waals surface area contributed by atoms with Crippen LogP contribution < -0.4 is 14.4 Å². The number of hydrogen-bond acceptors (Lipinski definition) is 5. The van der Waals surface area contributed by atoms with Crippen molar-refractivity contribution >= 4 is 11.6 Å². The molecule has 7 nitrogen and oxygen atoms in total. The maximum absolute atomic E-state index is 12.8. The maximum atomic E-state index is 12.8. The third-order valence-electron chi connectivity index (χ3n) is 5.96. The lowest BCUT2D eigenvalue weighted by Crippen LogP contribution is -2.49. The highest BCUT2D eigenvalue weighted by Crippen LogP contribution is 2.36. The molecule has 168 valence electrons. The van der Waals surface area contributed by atoms with E-state index >= 15 is 0 Å². The third-order valence-corrected chi connectivity index (χ3v) is 5.96. The van der Waals surface area contributed by atoms with Gasteiger partial charge in [0.15, 0.2) is 11.5 Å². The van der Waals surface area contributed by atoms with Gasteiger partial charge < -0.3 is 19.3 Å². The molecule has 0 aliphatic carbocycles. The number of nitrogens with zero attached hydrogens (tertiary/aromatic N) is 4. The first-order valence-electron chi connectivity index (χ1n) is 10.9. The predicted molar refractivity (Wildman–Crippen MR) is 125 cm³/mol. The lowest BCUT2D eigenvalue weighted by atomic mass is 10.0. The Kier molecular flexibility index (Phi) is 6.35. The number of ether oxygens (including phenoxy) is 2. The SMILES string of the molecule is COc1ccc(-c2ccccc2N2CCN(C(=O)Cn3nc(C)cc3C)CC2)cc1OC. The Bertz CT molecular complexity index is 1100. The standard InChI is InChI=1S/C25H30N4O3/c1-18-15-19(2)29(26-18)17-25(30)28-13-11-27(12-14-28)22-8-6-5-7-21(22)20-9-10-23(31-3)24(16-20)32-4/h5-10,15-16H,11-14,17H2,1-4H3. The molecule has 0 N–H and O–H groups in total. The first kappa shape index (κ1) is 21.7. The number of hydrogen-bond donors (Lipinski definition) is 0. The number of anilines is 1. The summed E-state index contributed by atoms with van der Waals surface area (Å²) in [7, 11) is 3.29. The molecule has 1 aliphatic rings. The van der Waals surface area contributed by atoms with E-state index in [9.17, 15) is 4.79 Å². The summed E-state index contributed by atoms with van der Waals surface area (Å²) in [4.78, 5) is 17.1. The van der Waals surface area contributed by atoms with Gasteiger partial charge in [-0.1, -0.05) is 24.3 Å². The Morgan fingerprint density at radius 3 is 2.31 bits per heavy atom. The number of aromatic nitrogens is 2. The van der Waals surface area contributed by atoms with Crippen LogP contribution in [-0.4, -0.2) is 61.0 Å². The Labute approximate surface area is 189 Å². The van der Waals surface area contributed by atoms with Gasteiger partial charge in [-0.15, -0.1) is 0 Å². The smallest absolute Gasteiger partial charge is 0.244 e. The molecule has 4 rings (SSSR count). The molecule has 3 aromatic rings. The zero-order valence-electron chi connectivity index (χ0n) is 19.2. The molecule has 0 radical (unpaired) electrons. The van der Waals surface area contributed by atoms with Crippen molar-refractivity contribution in [2.75, 3.05) is 45.3 Å². The molecule has 32 heavy (non-hydrogen) atoms. The molecule has 1 saturated heterocycles. The van der Waals surface area contributed by atoms with Crippen LogP contribution in [0.5, 0.6) is 11.5 Å². The van der Waals surface area contributed by atoms with Gasteiger partial charge in [-0.3, -0.25) is 9.48 Å². The Hall–Kier alpha value is -3.48. The van der Waals surface area contributed by atoms with Crippen molar-refractivity contribution in [3.8, 4) is 22.6 Å². The van der Waals surface area contributed by atoms with Gasteiger partial charge in [-0.25, -0.2) is 0 Å². The van der Waals surface area contributed by atoms with Crippen molar-refractivity contribution in [3.05, 3.63) is 59.9 Å². The number of rotatable bonds is 6. The van der Waals surface area contributed by atoms with E-state index in [4.69, 9.17) is 9.47 Å². The van der Waals surface area contributed by atoms with E-state index < -0.39 is 0 Å². The second kappa shape index (κ2) is 9.34. The van der Waals surface area contributed by atoms with Crippen LogP contribution in [0.1, 0.15) is 11.4 Å². The summed E-state index contributed by atoms with van der Waals surface area (Å²) in [6.45, 7) is 7.18. The molecule has 0 unspecified atom stereocenters. The number of carbonyl (C=O) groups is 1. The van der Waals surface area contributed by atoms with Crippen LogP contribution in [0.4, 0.5) is 5.69 Å². The summed E-state index contributed by atoms with van der Waals surface area (Å²) in [6.07, 6.45) is 0. The zero-order valence-corrected chi connectivity index (χ0v) is 19.2. The van der Waals surface area contributed by atoms with Crippen molar-refractivity contribution in [1.29, 1.82) is 0 Å². The summed E-state index contributed by atoms with van der Waals surface area (Å²) < 4.78 is 12.7. The van der Waals surface area contributed by atoms with Crippen LogP contribution in [0.15, 0.2) is 48.5 Å². The second-order valence-electron chi connectivity index (χ2n) is 8.04. The Morgan fingerprint density at radius 2 is 1.66 bits per heavy atom. The van der Waals surface area contributed by atoms with Gasteiger partial charge in [0.2, 0.25) is 5.91 Å². The minimum absolute atomic E-state index is 0.115. The fourth-order valence-electron chi connectivity index (χ4n) is 4.26. The van der Waals surface area contributed by atoms with E-state index in [1.54, 1.807) is 18.9 Å². The van der Waals surface area contributed by atoms with E-state index in [0.29, 0.717) is 31.1 Å². The predicted octanol–water partition coefficient (Wildman–Crippen LogP) is 3.53. The molecule has 7 heteroatoms. The molecule has 2 heterocycles. The Morgan fingerprint density at radius 1 is 0.938 bits per heavy atom. The summed E-state index contributed by atoms with van der Waals surface area (Å²) in [5, 5.41) is 4.42. The fourth-order valence-corrected chi connectivity index (χ4v) is 4.26. The second-order valence-corrected chi connectivity index (χ2v) is 8.04. The molecule has 0 atom stereocenters. The molecule has 0 bridgehead atoms. The normalized spacial score (nSPS) is 13.9. The topological polar surface area (TPSA) is 59.8 Å². The van der Waals surface area contributed by atoms with Crippen molar-refractivity contribution in [2.45, 2.75) is 20.4 Å². The number of aryl methyl sites for hydroxylation is 2. The van der Waals surface area contributed by atoms with Gasteiger partial charge in [0.1, 0.15) is 6.54 Å². The summed E-state index contributed by atoms with van der Waals surface area (Å²) >= 11 is 0. The number of piperazine rings is 1. The number of amides is 1. The Balaban J connectivity index is 1.48. The van der Waals surface area contributed by atoms with E-state index in [0.717, 1.165) is 41.3 Å². The number of para-hydroxylation sites is 1. The molecule has 0 saturated carbocycles. The van der Waals surface area contributed by atoms with Crippen LogP contribution in [0.25, 0.3) is 11.1 Å². The molecular formula is C25H30N4O3. The van der Waals surface area contributed by atoms with Crippen LogP contribution in [0, 0.1) is 13.8 Å². The van der Waals surface area contributed by atoms with Crippen LogP contribution >= 0.6 is 0 Å². The largest absolute Gasteiger partial charge is 0.493 e. The highest BCUT2D eigenvalue weighted by Gasteiger charge is 2.23. The van der Waals surface area contributed by atoms with Crippen molar-refractivity contribution in [2.24, 2.45) is 0 Å². The molecule has 1 fully saturated rings. The van der Waals surface area contributed by atoms with Crippen LogP contribution in [0.3, 0.4) is 0 Å². The van der Waals surface area contributed by atoms with E-state index in [-0.39, 0.29) is 5.91 Å². The molecular weight excluding hydrogens is 404 g/mol. The van der Waals surface area contributed by atoms with Crippen LogP contribution in [-0.2, 0) is 11.3 Å². The lowest BCUT2D eigenvalue weighted by Gasteiger charge is -2.37. The molecule has 1 amide bonds. The first-order chi connectivity index (χ1) is 15.5. The minimum Gasteiger partial charge on any atom is -0.493 e. The van der Waals surface area contributed by atoms with Gasteiger partial charge >= 0.3 is 0 Å². The molecule has 1 aromatic heterocycles. The zero-order chi connectivity index (χ0) is 22.7. The quantitative estimate of drug-likeness (QED) is 0.594. The number of benzene rings is 2. The van der Waals surface area contributed by atoms with Gasteiger partial charge in [-0.2, -0.15) is 5.10 Å². The average Bonchev–Trinajstić information content (AvgIpc) is 3.14. The summed E-state index contributed by atoms with van der Waals surface area (Å²) in [5.74, 6) is 1.53.